The van der Waals surface area contributed by atoms with Gasteiger partial charge in [0.25, 0.3) is 0 Å². The maximum absolute atomic E-state index is 11.7. The lowest BCUT2D eigenvalue weighted by Crippen LogP contribution is -2.18. The smallest absolute Gasteiger partial charge is 0.139 e. The summed E-state index contributed by atoms with van der Waals surface area (Å²) in [6.07, 6.45) is 8.90. The number of rotatable bonds is 1. The van der Waals surface area contributed by atoms with Gasteiger partial charge in [-0.2, -0.15) is 0 Å². The van der Waals surface area contributed by atoms with Crippen LogP contribution in [0.5, 0.6) is 0 Å². The number of nitrogens with zero attached hydrogens (tertiary/aromatic N) is 3. The Morgan fingerprint density at radius 1 is 1.37 bits per heavy atom. The molecule has 1 atom stereocenters. The van der Waals surface area contributed by atoms with Crippen molar-refractivity contribution in [3.8, 4) is 0 Å². The SMILES string of the molecule is O=C1CCCC(n2cnc3cnc4[nH]ccc4c32)C1. The van der Waals surface area contributed by atoms with Crippen LogP contribution in [0.2, 0.25) is 0 Å². The van der Waals surface area contributed by atoms with Gasteiger partial charge in [0, 0.05) is 30.5 Å². The molecule has 96 valence electrons. The second-order valence-corrected chi connectivity index (χ2v) is 5.17. The van der Waals surface area contributed by atoms with E-state index in [2.05, 4.69) is 19.5 Å². The van der Waals surface area contributed by atoms with E-state index < -0.39 is 0 Å². The molecule has 1 aliphatic carbocycles. The van der Waals surface area contributed by atoms with Crippen LogP contribution in [0, 0.1) is 0 Å². The number of pyridine rings is 1. The van der Waals surface area contributed by atoms with Crippen LogP contribution in [0.1, 0.15) is 31.7 Å². The molecule has 0 aromatic carbocycles. The van der Waals surface area contributed by atoms with E-state index in [1.807, 2.05) is 18.6 Å². The average molecular weight is 254 g/mol. The van der Waals surface area contributed by atoms with Crippen molar-refractivity contribution in [2.75, 3.05) is 0 Å². The first-order valence-electron chi connectivity index (χ1n) is 6.63. The molecule has 0 saturated heterocycles. The van der Waals surface area contributed by atoms with Crippen LogP contribution >= 0.6 is 0 Å². The molecule has 3 heterocycles. The van der Waals surface area contributed by atoms with E-state index in [-0.39, 0.29) is 6.04 Å². The normalized spacial score (nSPS) is 20.4. The first kappa shape index (κ1) is 10.7. The number of carbonyl (C=O) groups excluding carboxylic acids is 1. The topological polar surface area (TPSA) is 63.6 Å². The highest BCUT2D eigenvalue weighted by Crippen LogP contribution is 2.31. The monoisotopic (exact) mass is 254 g/mol. The van der Waals surface area contributed by atoms with E-state index in [0.717, 1.165) is 41.3 Å². The summed E-state index contributed by atoms with van der Waals surface area (Å²) in [6, 6.07) is 2.26. The number of Topliss-reactive ketones (excluding diaryl/α,β-unsaturated/α-hetero) is 1. The second-order valence-electron chi connectivity index (χ2n) is 5.17. The van der Waals surface area contributed by atoms with E-state index in [1.54, 1.807) is 6.20 Å². The lowest BCUT2D eigenvalue weighted by Gasteiger charge is -2.22. The molecule has 1 saturated carbocycles. The Labute approximate surface area is 109 Å². The van der Waals surface area contributed by atoms with Gasteiger partial charge in [0.1, 0.15) is 16.9 Å². The molecule has 1 N–H and O–H groups in total. The van der Waals surface area contributed by atoms with E-state index in [4.69, 9.17) is 0 Å². The van der Waals surface area contributed by atoms with Crippen LogP contribution < -0.4 is 0 Å². The Kier molecular flexibility index (Phi) is 2.21. The van der Waals surface area contributed by atoms with Crippen LogP contribution in [-0.2, 0) is 4.79 Å². The number of fused-ring (bicyclic) bond motifs is 3. The van der Waals surface area contributed by atoms with E-state index in [9.17, 15) is 4.79 Å². The summed E-state index contributed by atoms with van der Waals surface area (Å²) in [5.74, 6) is 0.359. The second kappa shape index (κ2) is 3.91. The average Bonchev–Trinajstić information content (AvgIpc) is 3.04. The molecular weight excluding hydrogens is 240 g/mol. The van der Waals surface area contributed by atoms with Crippen molar-refractivity contribution in [3.63, 3.8) is 0 Å². The van der Waals surface area contributed by atoms with Crippen molar-refractivity contribution in [3.05, 3.63) is 24.8 Å². The van der Waals surface area contributed by atoms with Gasteiger partial charge in [0.05, 0.1) is 18.0 Å². The Morgan fingerprint density at radius 2 is 2.32 bits per heavy atom. The number of aromatic nitrogens is 4. The largest absolute Gasteiger partial charge is 0.346 e. The van der Waals surface area contributed by atoms with Gasteiger partial charge in [0.2, 0.25) is 0 Å². The summed E-state index contributed by atoms with van der Waals surface area (Å²) in [5.41, 5.74) is 2.85. The molecule has 0 amide bonds. The highest BCUT2D eigenvalue weighted by molar-refractivity contribution is 6.01. The molecule has 3 aromatic rings. The van der Waals surface area contributed by atoms with Crippen LogP contribution in [0.3, 0.4) is 0 Å². The van der Waals surface area contributed by atoms with Gasteiger partial charge in [-0.25, -0.2) is 9.97 Å². The number of imidazole rings is 1. The van der Waals surface area contributed by atoms with Crippen molar-refractivity contribution in [1.29, 1.82) is 0 Å². The Bertz CT molecular complexity index is 770. The zero-order valence-electron chi connectivity index (χ0n) is 10.5. The highest BCUT2D eigenvalue weighted by Gasteiger charge is 2.23. The molecule has 0 aliphatic heterocycles. The minimum Gasteiger partial charge on any atom is -0.346 e. The molecule has 1 unspecified atom stereocenters. The van der Waals surface area contributed by atoms with E-state index in [0.29, 0.717) is 12.2 Å². The number of ketones is 1. The molecule has 3 aromatic heterocycles. The maximum atomic E-state index is 11.7. The molecule has 0 bridgehead atoms. The van der Waals surface area contributed by atoms with Crippen molar-refractivity contribution in [2.24, 2.45) is 0 Å². The highest BCUT2D eigenvalue weighted by atomic mass is 16.1. The van der Waals surface area contributed by atoms with Crippen molar-refractivity contribution in [2.45, 2.75) is 31.7 Å². The predicted octanol–water partition coefficient (Wildman–Crippen LogP) is 2.60. The van der Waals surface area contributed by atoms with Gasteiger partial charge in [-0.05, 0) is 18.9 Å². The first-order valence-corrected chi connectivity index (χ1v) is 6.63. The molecule has 1 aliphatic rings. The van der Waals surface area contributed by atoms with Gasteiger partial charge in [-0.1, -0.05) is 0 Å². The Balaban J connectivity index is 1.93. The third kappa shape index (κ3) is 1.58. The minimum absolute atomic E-state index is 0.242. The lowest BCUT2D eigenvalue weighted by atomic mass is 9.94. The van der Waals surface area contributed by atoms with Gasteiger partial charge in [-0.15, -0.1) is 0 Å². The molecule has 19 heavy (non-hydrogen) atoms. The molecule has 0 radical (unpaired) electrons. The quantitative estimate of drug-likeness (QED) is 0.726. The van der Waals surface area contributed by atoms with Crippen LogP contribution in [0.4, 0.5) is 0 Å². The standard InChI is InChI=1S/C14H14N4O/c19-10-3-1-2-9(6-10)18-8-17-12-7-16-14-11(13(12)18)4-5-15-14/h4-5,7-9H,1-3,6H2,(H,15,16). The number of hydrogen-bond donors (Lipinski definition) is 1. The molecule has 5 heteroatoms. The zero-order chi connectivity index (χ0) is 12.8. The van der Waals surface area contributed by atoms with Gasteiger partial charge in [-0.3, -0.25) is 4.79 Å². The van der Waals surface area contributed by atoms with Crippen molar-refractivity contribution >= 4 is 27.9 Å². The summed E-state index contributed by atoms with van der Waals surface area (Å²) in [5, 5.41) is 1.08. The van der Waals surface area contributed by atoms with Crippen molar-refractivity contribution in [1.82, 2.24) is 19.5 Å². The van der Waals surface area contributed by atoms with E-state index >= 15 is 0 Å². The van der Waals surface area contributed by atoms with Crippen LogP contribution in [0.25, 0.3) is 22.1 Å². The van der Waals surface area contributed by atoms with Crippen LogP contribution in [-0.4, -0.2) is 25.3 Å². The fraction of sp³-hybridized carbons (Fsp3) is 0.357. The number of aromatic amines is 1. The molecular formula is C14H14N4O. The zero-order valence-corrected chi connectivity index (χ0v) is 10.5. The number of H-pyrrole nitrogens is 1. The Hall–Kier alpha value is -2.17. The minimum atomic E-state index is 0.242. The lowest BCUT2D eigenvalue weighted by molar-refractivity contribution is -0.121. The first-order chi connectivity index (χ1) is 9.33. The van der Waals surface area contributed by atoms with Gasteiger partial charge in [0.15, 0.2) is 0 Å². The van der Waals surface area contributed by atoms with Crippen molar-refractivity contribution < 1.29 is 4.79 Å². The fourth-order valence-corrected chi connectivity index (χ4v) is 3.05. The van der Waals surface area contributed by atoms with Gasteiger partial charge >= 0.3 is 0 Å². The van der Waals surface area contributed by atoms with Crippen LogP contribution in [0.15, 0.2) is 24.8 Å². The summed E-state index contributed by atoms with van der Waals surface area (Å²) < 4.78 is 2.16. The molecule has 4 rings (SSSR count). The third-order valence-corrected chi connectivity index (χ3v) is 3.97. The van der Waals surface area contributed by atoms with Gasteiger partial charge < -0.3 is 9.55 Å². The third-order valence-electron chi connectivity index (χ3n) is 3.97. The Morgan fingerprint density at radius 3 is 3.21 bits per heavy atom. The fourth-order valence-electron chi connectivity index (χ4n) is 3.05. The summed E-state index contributed by atoms with van der Waals surface area (Å²) in [6.45, 7) is 0. The summed E-state index contributed by atoms with van der Waals surface area (Å²) >= 11 is 0. The predicted molar refractivity (Wildman–Crippen MR) is 71.9 cm³/mol. The number of carbonyl (C=O) groups is 1. The molecule has 1 fully saturated rings. The summed E-state index contributed by atoms with van der Waals surface area (Å²) in [4.78, 5) is 23.6. The molecule has 5 nitrogen and oxygen atoms in total. The summed E-state index contributed by atoms with van der Waals surface area (Å²) in [7, 11) is 0. The number of hydrogen-bond acceptors (Lipinski definition) is 3. The molecule has 0 spiro atoms. The number of nitrogens with one attached hydrogen (secondary N) is 1. The van der Waals surface area contributed by atoms with E-state index in [1.165, 1.54) is 0 Å². The maximum Gasteiger partial charge on any atom is 0.139 e.